The number of phosphoric ester groups is 1. The van der Waals surface area contributed by atoms with Crippen LogP contribution in [0.25, 0.3) is 0 Å². The standard InChI is InChI=1S/C54H97O10P/c1-3-5-7-9-11-13-15-17-19-21-23-24-25-26-28-29-31-33-35-37-39-41-43-45-53(57)61-49-52(50-63-65(59,60)62-48-51(56)47-55)64-54(58)46-44-42-40-38-36-34-32-30-27-22-20-18-16-14-12-10-8-6-4-2/h6,8,12,14,18,20-21,23,27,30,51-52,55-56H,3-5,7,9-11,13,15-17,19,22,24-26,28-29,31-50H2,1-2H3,(H,59,60)/b8-6-,14-12-,20-18-,23-21-,30-27-. The molecule has 0 fully saturated rings. The highest BCUT2D eigenvalue weighted by atomic mass is 31.2. The topological polar surface area (TPSA) is 149 Å². The Morgan fingerprint density at radius 3 is 1.29 bits per heavy atom. The van der Waals surface area contributed by atoms with Crippen molar-refractivity contribution in [3.8, 4) is 0 Å². The second-order valence-corrected chi connectivity index (χ2v) is 19.0. The summed E-state index contributed by atoms with van der Waals surface area (Å²) in [6, 6.07) is 0. The molecule has 3 N–H and O–H groups in total. The molecule has 0 aromatic heterocycles. The Bertz CT molecular complexity index is 1260. The molecule has 0 amide bonds. The summed E-state index contributed by atoms with van der Waals surface area (Å²) in [6.45, 7) is 2.28. The van der Waals surface area contributed by atoms with Gasteiger partial charge in [0.15, 0.2) is 6.10 Å². The summed E-state index contributed by atoms with van der Waals surface area (Å²) in [5.74, 6) is -0.938. The van der Waals surface area contributed by atoms with Gasteiger partial charge >= 0.3 is 19.8 Å². The van der Waals surface area contributed by atoms with Crippen molar-refractivity contribution in [2.75, 3.05) is 26.4 Å². The number of hydrogen-bond donors (Lipinski definition) is 3. The normalized spacial score (nSPS) is 14.1. The molecule has 0 aliphatic heterocycles. The summed E-state index contributed by atoms with van der Waals surface area (Å²) < 4.78 is 32.9. The van der Waals surface area contributed by atoms with E-state index in [9.17, 15) is 24.2 Å². The van der Waals surface area contributed by atoms with Crippen LogP contribution in [0.3, 0.4) is 0 Å². The van der Waals surface area contributed by atoms with Crippen molar-refractivity contribution in [2.24, 2.45) is 0 Å². The lowest BCUT2D eigenvalue weighted by Crippen LogP contribution is -2.29. The highest BCUT2D eigenvalue weighted by molar-refractivity contribution is 7.47. The first-order valence-electron chi connectivity index (χ1n) is 26.2. The fraction of sp³-hybridized carbons (Fsp3) is 0.778. The van der Waals surface area contributed by atoms with Crippen molar-refractivity contribution >= 4 is 19.8 Å². The molecule has 378 valence electrons. The quantitative estimate of drug-likeness (QED) is 0.0233. The number of unbranched alkanes of at least 4 members (excludes halogenated alkanes) is 25. The van der Waals surface area contributed by atoms with Gasteiger partial charge in [-0.2, -0.15) is 0 Å². The number of esters is 2. The summed E-state index contributed by atoms with van der Waals surface area (Å²) in [5.41, 5.74) is 0. The Hall–Kier alpha value is -2.33. The molecule has 0 spiro atoms. The summed E-state index contributed by atoms with van der Waals surface area (Å²) >= 11 is 0. The van der Waals surface area contributed by atoms with E-state index < -0.39 is 51.8 Å². The molecule has 0 aliphatic rings. The minimum absolute atomic E-state index is 0.166. The number of aliphatic hydroxyl groups excluding tert-OH is 2. The Morgan fingerprint density at radius 1 is 0.477 bits per heavy atom. The van der Waals surface area contributed by atoms with Gasteiger partial charge in [0.05, 0.1) is 19.8 Å². The molecule has 0 saturated heterocycles. The van der Waals surface area contributed by atoms with E-state index in [0.717, 1.165) is 83.5 Å². The summed E-state index contributed by atoms with van der Waals surface area (Å²) in [7, 11) is -4.63. The molecule has 0 bridgehead atoms. The summed E-state index contributed by atoms with van der Waals surface area (Å²) in [5, 5.41) is 18.4. The molecule has 0 heterocycles. The van der Waals surface area contributed by atoms with E-state index >= 15 is 0 Å². The van der Waals surface area contributed by atoms with E-state index in [4.69, 9.17) is 23.6 Å². The fourth-order valence-corrected chi connectivity index (χ4v) is 7.95. The molecule has 0 radical (unpaired) electrons. The van der Waals surface area contributed by atoms with E-state index in [2.05, 4.69) is 74.6 Å². The molecule has 11 heteroatoms. The van der Waals surface area contributed by atoms with Crippen LogP contribution in [0, 0.1) is 0 Å². The summed E-state index contributed by atoms with van der Waals surface area (Å²) in [4.78, 5) is 35.2. The van der Waals surface area contributed by atoms with Crippen LogP contribution < -0.4 is 0 Å². The molecular weight excluding hydrogens is 840 g/mol. The molecule has 0 aromatic carbocycles. The molecule has 0 aliphatic carbocycles. The predicted octanol–water partition coefficient (Wildman–Crippen LogP) is 15.0. The average Bonchev–Trinajstić information content (AvgIpc) is 3.30. The number of ether oxygens (including phenoxy) is 2. The SMILES string of the molecule is CC/C=C\C/C=C\C/C=C\C/C=C\CCCCCCCCC(=O)OC(COC(=O)CCCCCCCCCCCCC/C=C\CCCCCCCCCC)COP(=O)(O)OCC(O)CO. The Morgan fingerprint density at radius 2 is 0.846 bits per heavy atom. The molecule has 0 saturated carbocycles. The Kier molecular flexibility index (Phi) is 47.8. The van der Waals surface area contributed by atoms with E-state index in [1.807, 2.05) is 0 Å². The van der Waals surface area contributed by atoms with Gasteiger partial charge in [0.2, 0.25) is 0 Å². The van der Waals surface area contributed by atoms with Gasteiger partial charge in [0, 0.05) is 12.8 Å². The number of allylic oxidation sites excluding steroid dienone is 10. The van der Waals surface area contributed by atoms with Gasteiger partial charge in [0.1, 0.15) is 12.7 Å². The minimum Gasteiger partial charge on any atom is -0.462 e. The lowest BCUT2D eigenvalue weighted by Gasteiger charge is -2.20. The van der Waals surface area contributed by atoms with Crippen molar-refractivity contribution < 1.29 is 47.8 Å². The minimum atomic E-state index is -4.63. The van der Waals surface area contributed by atoms with Crippen LogP contribution in [0.2, 0.25) is 0 Å². The van der Waals surface area contributed by atoms with E-state index in [-0.39, 0.29) is 19.4 Å². The highest BCUT2D eigenvalue weighted by Gasteiger charge is 2.27. The van der Waals surface area contributed by atoms with Gasteiger partial charge in [-0.25, -0.2) is 4.57 Å². The number of carbonyl (C=O) groups excluding carboxylic acids is 2. The average molecular weight is 937 g/mol. The van der Waals surface area contributed by atoms with Gasteiger partial charge in [-0.1, -0.05) is 203 Å². The van der Waals surface area contributed by atoms with Gasteiger partial charge in [-0.3, -0.25) is 18.6 Å². The van der Waals surface area contributed by atoms with Crippen molar-refractivity contribution in [3.63, 3.8) is 0 Å². The van der Waals surface area contributed by atoms with E-state index in [1.54, 1.807) is 0 Å². The third-order valence-corrected chi connectivity index (χ3v) is 12.1. The zero-order chi connectivity index (χ0) is 47.6. The zero-order valence-corrected chi connectivity index (χ0v) is 42.3. The Labute approximate surface area is 397 Å². The van der Waals surface area contributed by atoms with Crippen molar-refractivity contribution in [1.82, 2.24) is 0 Å². The fourth-order valence-electron chi connectivity index (χ4n) is 7.16. The van der Waals surface area contributed by atoms with Crippen LogP contribution in [0.1, 0.15) is 232 Å². The van der Waals surface area contributed by atoms with E-state index in [0.29, 0.717) is 12.8 Å². The molecule has 3 unspecified atom stereocenters. The number of rotatable bonds is 49. The lowest BCUT2D eigenvalue weighted by atomic mass is 10.0. The third-order valence-electron chi connectivity index (χ3n) is 11.2. The Balaban J connectivity index is 4.17. The first kappa shape index (κ1) is 62.7. The maximum Gasteiger partial charge on any atom is 0.472 e. The maximum atomic E-state index is 12.7. The van der Waals surface area contributed by atoms with Gasteiger partial charge in [0.25, 0.3) is 0 Å². The molecule has 3 atom stereocenters. The number of phosphoric acid groups is 1. The largest absolute Gasteiger partial charge is 0.472 e. The van der Waals surface area contributed by atoms with Crippen molar-refractivity contribution in [1.29, 1.82) is 0 Å². The van der Waals surface area contributed by atoms with Crippen LogP contribution in [-0.4, -0.2) is 65.7 Å². The lowest BCUT2D eigenvalue weighted by molar-refractivity contribution is -0.161. The summed E-state index contributed by atoms with van der Waals surface area (Å²) in [6.07, 6.45) is 57.6. The number of carbonyl (C=O) groups is 2. The molecule has 65 heavy (non-hydrogen) atoms. The van der Waals surface area contributed by atoms with Crippen molar-refractivity contribution in [2.45, 2.75) is 244 Å². The number of hydrogen-bond acceptors (Lipinski definition) is 9. The first-order valence-corrected chi connectivity index (χ1v) is 27.7. The third kappa shape index (κ3) is 49.4. The predicted molar refractivity (Wildman–Crippen MR) is 270 cm³/mol. The molecule has 10 nitrogen and oxygen atoms in total. The molecule has 0 aromatic rings. The number of aliphatic hydroxyl groups is 2. The maximum absolute atomic E-state index is 12.7. The highest BCUT2D eigenvalue weighted by Crippen LogP contribution is 2.43. The molecular formula is C54H97O10P. The van der Waals surface area contributed by atoms with Crippen LogP contribution in [0.5, 0.6) is 0 Å². The van der Waals surface area contributed by atoms with Crippen LogP contribution >= 0.6 is 7.82 Å². The second kappa shape index (κ2) is 49.6. The van der Waals surface area contributed by atoms with Gasteiger partial charge in [-0.05, 0) is 77.0 Å². The monoisotopic (exact) mass is 937 g/mol. The van der Waals surface area contributed by atoms with Gasteiger partial charge in [-0.15, -0.1) is 0 Å². The van der Waals surface area contributed by atoms with E-state index in [1.165, 1.54) is 109 Å². The molecule has 0 rings (SSSR count). The zero-order valence-electron chi connectivity index (χ0n) is 41.4. The van der Waals surface area contributed by atoms with Crippen LogP contribution in [-0.2, 0) is 32.7 Å². The van der Waals surface area contributed by atoms with Crippen LogP contribution in [0.4, 0.5) is 0 Å². The first-order chi connectivity index (χ1) is 31.7. The van der Waals surface area contributed by atoms with Crippen LogP contribution in [0.15, 0.2) is 60.8 Å². The van der Waals surface area contributed by atoms with Gasteiger partial charge < -0.3 is 24.6 Å². The smallest absolute Gasteiger partial charge is 0.462 e. The van der Waals surface area contributed by atoms with Crippen molar-refractivity contribution in [3.05, 3.63) is 60.8 Å². The second-order valence-electron chi connectivity index (χ2n) is 17.5.